The molecule has 0 bridgehead atoms. The van der Waals surface area contributed by atoms with E-state index in [2.05, 4.69) is 49.6 Å². The van der Waals surface area contributed by atoms with E-state index in [4.69, 9.17) is 19.2 Å². The number of nitrogens with zero attached hydrogens (tertiary/aromatic N) is 3. The Kier molecular flexibility index (Phi) is 8.92. The summed E-state index contributed by atoms with van der Waals surface area (Å²) in [5.74, 6) is 1.98. The van der Waals surface area contributed by atoms with Crippen LogP contribution in [-0.2, 0) is 10.3 Å². The van der Waals surface area contributed by atoms with Crippen LogP contribution in [0.1, 0.15) is 54.9 Å². The van der Waals surface area contributed by atoms with Gasteiger partial charge < -0.3 is 24.0 Å². The van der Waals surface area contributed by atoms with Crippen LogP contribution in [0.3, 0.4) is 0 Å². The van der Waals surface area contributed by atoms with Gasteiger partial charge in [-0.15, -0.1) is 0 Å². The fourth-order valence-corrected chi connectivity index (χ4v) is 6.18. The van der Waals surface area contributed by atoms with E-state index in [0.29, 0.717) is 45.4 Å². The van der Waals surface area contributed by atoms with Gasteiger partial charge in [-0.1, -0.05) is 36.4 Å². The van der Waals surface area contributed by atoms with Gasteiger partial charge in [0.05, 0.1) is 5.56 Å². The summed E-state index contributed by atoms with van der Waals surface area (Å²) in [6.07, 6.45) is 1.69. The number of ether oxygens (including phenoxy) is 3. The first-order chi connectivity index (χ1) is 22.5. The van der Waals surface area contributed by atoms with Crippen LogP contribution in [0.5, 0.6) is 23.0 Å². The van der Waals surface area contributed by atoms with Crippen molar-refractivity contribution in [3.05, 3.63) is 138 Å². The summed E-state index contributed by atoms with van der Waals surface area (Å²) in [5, 5.41) is 0. The number of para-hydroxylation sites is 2. The summed E-state index contributed by atoms with van der Waals surface area (Å²) in [4.78, 5) is 23.1. The molecule has 0 saturated carbocycles. The van der Waals surface area contributed by atoms with Crippen LogP contribution in [0.25, 0.3) is 0 Å². The Morgan fingerprint density at radius 3 is 1.57 bits per heavy atom. The summed E-state index contributed by atoms with van der Waals surface area (Å²) in [7, 11) is 0. The van der Waals surface area contributed by atoms with Crippen molar-refractivity contribution in [1.82, 2.24) is 4.98 Å². The molecule has 6 rings (SSSR count). The largest absolute Gasteiger partial charge is 0.457 e. The number of aromatic nitrogens is 1. The van der Waals surface area contributed by atoms with E-state index >= 15 is 0 Å². The Labute approximate surface area is 271 Å². The quantitative estimate of drug-likeness (QED) is 0.130. The topological polar surface area (TPSA) is 64.1 Å². The van der Waals surface area contributed by atoms with E-state index in [1.54, 1.807) is 18.3 Å². The predicted molar refractivity (Wildman–Crippen MR) is 183 cm³/mol. The van der Waals surface area contributed by atoms with Crippen LogP contribution in [0.15, 0.2) is 115 Å². The number of rotatable bonds is 12. The second kappa shape index (κ2) is 13.4. The molecule has 4 aromatic carbocycles. The van der Waals surface area contributed by atoms with Gasteiger partial charge in [0, 0.05) is 67.0 Å². The maximum atomic E-state index is 13.7. The normalized spacial score (nSPS) is 13.1. The molecule has 0 fully saturated rings. The van der Waals surface area contributed by atoms with Crippen molar-refractivity contribution < 1.29 is 19.0 Å². The SMILES string of the molecule is CCN(CC)c1ccc(C2(c3ccc(N(CC)CC)cc3Oc3ccccc3)OC(=O)c3cccnc32)c(Oc2ccccc2)c1. The molecule has 1 aliphatic rings. The molecule has 46 heavy (non-hydrogen) atoms. The minimum absolute atomic E-state index is 0.402. The van der Waals surface area contributed by atoms with Gasteiger partial charge in [-0.2, -0.15) is 0 Å². The number of cyclic esters (lactones) is 1. The lowest BCUT2D eigenvalue weighted by molar-refractivity contribution is 0.0233. The number of carbonyl (C=O) groups excluding carboxylic acids is 1. The maximum Gasteiger partial charge on any atom is 0.341 e. The van der Waals surface area contributed by atoms with Gasteiger partial charge in [0.2, 0.25) is 5.60 Å². The van der Waals surface area contributed by atoms with Crippen molar-refractivity contribution in [3.63, 3.8) is 0 Å². The molecular weight excluding hydrogens is 574 g/mol. The number of hydrogen-bond acceptors (Lipinski definition) is 7. The Balaban J connectivity index is 1.65. The molecule has 7 heteroatoms. The first-order valence-electron chi connectivity index (χ1n) is 16.0. The molecule has 234 valence electrons. The third kappa shape index (κ3) is 5.65. The first-order valence-corrected chi connectivity index (χ1v) is 16.0. The minimum Gasteiger partial charge on any atom is -0.457 e. The van der Waals surface area contributed by atoms with E-state index in [9.17, 15) is 4.79 Å². The molecule has 0 N–H and O–H groups in total. The molecule has 5 aromatic rings. The van der Waals surface area contributed by atoms with Crippen LogP contribution in [0, 0.1) is 0 Å². The van der Waals surface area contributed by atoms with Crippen molar-refractivity contribution in [3.8, 4) is 23.0 Å². The van der Waals surface area contributed by atoms with E-state index < -0.39 is 11.6 Å². The zero-order chi connectivity index (χ0) is 32.1. The van der Waals surface area contributed by atoms with E-state index in [0.717, 1.165) is 37.6 Å². The highest BCUT2D eigenvalue weighted by Gasteiger charge is 2.53. The van der Waals surface area contributed by atoms with Gasteiger partial charge in [0.1, 0.15) is 28.7 Å². The van der Waals surface area contributed by atoms with Crippen molar-refractivity contribution in [2.45, 2.75) is 33.3 Å². The van der Waals surface area contributed by atoms with Gasteiger partial charge in [-0.05, 0) is 88.4 Å². The summed E-state index contributed by atoms with van der Waals surface area (Å²) < 4.78 is 19.9. The summed E-state index contributed by atoms with van der Waals surface area (Å²) in [6, 6.07) is 34.9. The lowest BCUT2D eigenvalue weighted by Crippen LogP contribution is -2.32. The minimum atomic E-state index is -1.47. The molecule has 0 saturated heterocycles. The van der Waals surface area contributed by atoms with Crippen molar-refractivity contribution in [2.24, 2.45) is 0 Å². The second-order valence-electron chi connectivity index (χ2n) is 11.0. The number of hydrogen-bond donors (Lipinski definition) is 0. The van der Waals surface area contributed by atoms with Crippen LogP contribution in [-0.4, -0.2) is 37.1 Å². The van der Waals surface area contributed by atoms with E-state index in [1.807, 2.05) is 84.9 Å². The standard InChI is InChI=1S/C39H39N3O4/c1-5-41(6-2)28-21-23-33(35(26-28)44-30-16-11-9-12-17-30)39(37-32(38(43)46-39)20-15-25-40-37)34-24-22-29(42(7-3)8-4)27-36(34)45-31-18-13-10-14-19-31/h9-27H,5-8H2,1-4H3. The number of benzene rings is 4. The molecule has 0 amide bonds. The molecule has 7 nitrogen and oxygen atoms in total. The maximum absolute atomic E-state index is 13.7. The summed E-state index contributed by atoms with van der Waals surface area (Å²) >= 11 is 0. The van der Waals surface area contributed by atoms with E-state index in [-0.39, 0.29) is 0 Å². The third-order valence-electron chi connectivity index (χ3n) is 8.50. The Morgan fingerprint density at radius 1 is 0.630 bits per heavy atom. The van der Waals surface area contributed by atoms with Gasteiger partial charge in [0.25, 0.3) is 0 Å². The Hall–Kier alpha value is -5.30. The van der Waals surface area contributed by atoms with Crippen LogP contribution in [0.4, 0.5) is 11.4 Å². The lowest BCUT2D eigenvalue weighted by atomic mass is 9.81. The second-order valence-corrected chi connectivity index (χ2v) is 11.0. The monoisotopic (exact) mass is 613 g/mol. The average Bonchev–Trinajstić information content (AvgIpc) is 3.39. The molecule has 0 unspecified atom stereocenters. The molecule has 0 spiro atoms. The third-order valence-corrected chi connectivity index (χ3v) is 8.50. The molecular formula is C39H39N3O4. The van der Waals surface area contributed by atoms with E-state index in [1.165, 1.54) is 0 Å². The molecule has 2 heterocycles. The fraction of sp³-hybridized carbons (Fsp3) is 0.231. The number of anilines is 2. The molecule has 0 aliphatic carbocycles. The summed E-state index contributed by atoms with van der Waals surface area (Å²) in [6.45, 7) is 11.8. The van der Waals surface area contributed by atoms with Crippen molar-refractivity contribution >= 4 is 17.3 Å². The highest BCUT2D eigenvalue weighted by molar-refractivity contribution is 5.96. The average molecular weight is 614 g/mol. The van der Waals surface area contributed by atoms with Crippen molar-refractivity contribution in [2.75, 3.05) is 36.0 Å². The Morgan fingerprint density at radius 2 is 1.11 bits per heavy atom. The molecule has 0 atom stereocenters. The number of pyridine rings is 1. The number of esters is 1. The van der Waals surface area contributed by atoms with Gasteiger partial charge >= 0.3 is 5.97 Å². The number of fused-ring (bicyclic) bond motifs is 1. The van der Waals surface area contributed by atoms with Crippen LogP contribution >= 0.6 is 0 Å². The van der Waals surface area contributed by atoms with Gasteiger partial charge in [-0.3, -0.25) is 4.98 Å². The number of carbonyl (C=O) groups is 1. The highest BCUT2D eigenvalue weighted by atomic mass is 16.6. The smallest absolute Gasteiger partial charge is 0.341 e. The predicted octanol–water partition coefficient (Wildman–Crippen LogP) is 8.82. The molecule has 1 aliphatic heterocycles. The van der Waals surface area contributed by atoms with Gasteiger partial charge in [0.15, 0.2) is 0 Å². The van der Waals surface area contributed by atoms with Crippen molar-refractivity contribution in [1.29, 1.82) is 0 Å². The summed E-state index contributed by atoms with van der Waals surface area (Å²) in [5.41, 5.74) is 2.71. The fourth-order valence-electron chi connectivity index (χ4n) is 6.18. The molecule has 0 radical (unpaired) electrons. The zero-order valence-corrected chi connectivity index (χ0v) is 26.8. The Bertz CT molecular complexity index is 1700. The zero-order valence-electron chi connectivity index (χ0n) is 26.8. The lowest BCUT2D eigenvalue weighted by Gasteiger charge is -2.33. The highest BCUT2D eigenvalue weighted by Crippen LogP contribution is 2.53. The van der Waals surface area contributed by atoms with Crippen LogP contribution < -0.4 is 19.3 Å². The van der Waals surface area contributed by atoms with Crippen LogP contribution in [0.2, 0.25) is 0 Å². The first kappa shape index (κ1) is 30.7. The molecule has 1 aromatic heterocycles. The van der Waals surface area contributed by atoms with Gasteiger partial charge in [-0.25, -0.2) is 4.79 Å².